The normalized spacial score (nSPS) is 31.2. The molecule has 0 N–H and O–H groups in total. The highest BCUT2D eigenvalue weighted by atomic mass is 15.4. The van der Waals surface area contributed by atoms with Crippen molar-refractivity contribution in [3.8, 4) is 0 Å². The largest absolute Gasteiger partial charge is 0.299 e. The molecule has 3 heterocycles. The third-order valence-electron chi connectivity index (χ3n) is 6.97. The zero-order valence-electron chi connectivity index (χ0n) is 16.7. The smallest absolute Gasteiger partial charge is 0.0238 e. The van der Waals surface area contributed by atoms with Crippen molar-refractivity contribution >= 4 is 0 Å². The van der Waals surface area contributed by atoms with Gasteiger partial charge in [0.2, 0.25) is 0 Å². The van der Waals surface area contributed by atoms with Gasteiger partial charge in [0.05, 0.1) is 0 Å². The molecule has 1 spiro atoms. The Morgan fingerprint density at radius 1 is 0.826 bits per heavy atom. The van der Waals surface area contributed by atoms with E-state index >= 15 is 0 Å². The van der Waals surface area contributed by atoms with E-state index in [2.05, 4.69) is 63.2 Å². The maximum absolute atomic E-state index is 2.78. The van der Waals surface area contributed by atoms with Gasteiger partial charge in [-0.3, -0.25) is 14.7 Å². The van der Waals surface area contributed by atoms with E-state index in [1.807, 2.05) is 0 Å². The molecule has 134 valence electrons. The summed E-state index contributed by atoms with van der Waals surface area (Å²) in [4.78, 5) is 8.09. The van der Waals surface area contributed by atoms with Gasteiger partial charge in [0, 0.05) is 48.7 Å². The van der Waals surface area contributed by atoms with Gasteiger partial charge >= 0.3 is 0 Å². The van der Waals surface area contributed by atoms with Crippen molar-refractivity contribution in [3.63, 3.8) is 0 Å². The monoisotopic (exact) mass is 321 g/mol. The molecule has 0 aromatic rings. The van der Waals surface area contributed by atoms with Crippen LogP contribution in [0.15, 0.2) is 0 Å². The van der Waals surface area contributed by atoms with E-state index in [1.54, 1.807) is 0 Å². The maximum atomic E-state index is 2.78. The van der Waals surface area contributed by atoms with Crippen molar-refractivity contribution in [3.05, 3.63) is 0 Å². The van der Waals surface area contributed by atoms with E-state index in [0.29, 0.717) is 16.5 Å². The highest BCUT2D eigenvalue weighted by Gasteiger charge is 2.58. The molecule has 23 heavy (non-hydrogen) atoms. The second kappa shape index (κ2) is 5.71. The molecule has 3 heteroatoms. The van der Waals surface area contributed by atoms with Crippen LogP contribution in [-0.2, 0) is 0 Å². The molecular weight excluding hydrogens is 282 g/mol. The standard InChI is InChI=1S/C20H39N3/c1-16-20(14-23(15-20)19(5,6)7)13-21(16)12-17-8-10-22(11-9-17)18(2,3)4/h16-17H,8-15H2,1-7H3/t16-/m0/s1. The minimum atomic E-state index is 0.349. The van der Waals surface area contributed by atoms with Crippen LogP contribution in [0, 0.1) is 11.3 Å². The third-order valence-corrected chi connectivity index (χ3v) is 6.97. The topological polar surface area (TPSA) is 9.72 Å². The van der Waals surface area contributed by atoms with Crippen molar-refractivity contribution in [2.75, 3.05) is 39.3 Å². The fourth-order valence-corrected chi connectivity index (χ4v) is 4.84. The second-order valence-electron chi connectivity index (χ2n) is 10.6. The number of likely N-dealkylation sites (tertiary alicyclic amines) is 3. The summed E-state index contributed by atoms with van der Waals surface area (Å²) in [5.74, 6) is 0.923. The molecule has 0 unspecified atom stereocenters. The fraction of sp³-hybridized carbons (Fsp3) is 1.00. The maximum Gasteiger partial charge on any atom is 0.0238 e. The van der Waals surface area contributed by atoms with Gasteiger partial charge in [0.15, 0.2) is 0 Å². The van der Waals surface area contributed by atoms with Crippen LogP contribution in [0.4, 0.5) is 0 Å². The highest BCUT2D eigenvalue weighted by Crippen LogP contribution is 2.48. The van der Waals surface area contributed by atoms with E-state index in [0.717, 1.165) is 12.0 Å². The predicted octanol–water partition coefficient (Wildman–Crippen LogP) is 3.30. The van der Waals surface area contributed by atoms with Crippen molar-refractivity contribution in [1.29, 1.82) is 0 Å². The van der Waals surface area contributed by atoms with Crippen LogP contribution in [0.3, 0.4) is 0 Å². The second-order valence-corrected chi connectivity index (χ2v) is 10.6. The van der Waals surface area contributed by atoms with Crippen LogP contribution in [0.25, 0.3) is 0 Å². The summed E-state index contributed by atoms with van der Waals surface area (Å²) in [5, 5.41) is 0. The molecule has 0 bridgehead atoms. The van der Waals surface area contributed by atoms with Crippen LogP contribution in [0.2, 0.25) is 0 Å². The molecule has 1 atom stereocenters. The quantitative estimate of drug-likeness (QED) is 0.772. The van der Waals surface area contributed by atoms with Crippen molar-refractivity contribution < 1.29 is 0 Å². The Labute approximate surface area is 144 Å². The SMILES string of the molecule is C[C@@H]1N(CC2CCN(C(C)(C)C)CC2)CC12CN(C(C)(C)C)C2. The van der Waals surface area contributed by atoms with Crippen LogP contribution in [-0.4, -0.2) is 71.1 Å². The Kier molecular flexibility index (Phi) is 4.39. The lowest BCUT2D eigenvalue weighted by Gasteiger charge is -2.68. The Morgan fingerprint density at radius 2 is 1.35 bits per heavy atom. The van der Waals surface area contributed by atoms with Crippen LogP contribution in [0.5, 0.6) is 0 Å². The first kappa shape index (κ1) is 17.7. The number of hydrogen-bond acceptors (Lipinski definition) is 3. The molecule has 0 aromatic carbocycles. The lowest BCUT2D eigenvalue weighted by Crippen LogP contribution is -2.78. The zero-order valence-corrected chi connectivity index (χ0v) is 16.7. The van der Waals surface area contributed by atoms with E-state index < -0.39 is 0 Å². The lowest BCUT2D eigenvalue weighted by atomic mass is 9.64. The molecular formula is C20H39N3. The van der Waals surface area contributed by atoms with Gasteiger partial charge in [-0.1, -0.05) is 0 Å². The first-order chi connectivity index (χ1) is 10.5. The van der Waals surface area contributed by atoms with Crippen molar-refractivity contribution in [1.82, 2.24) is 14.7 Å². The zero-order chi connectivity index (χ0) is 17.0. The van der Waals surface area contributed by atoms with E-state index in [9.17, 15) is 0 Å². The Bertz CT molecular complexity index is 417. The summed E-state index contributed by atoms with van der Waals surface area (Å²) in [7, 11) is 0. The summed E-state index contributed by atoms with van der Waals surface area (Å²) in [6, 6.07) is 0.793. The molecule has 3 aliphatic heterocycles. The summed E-state index contributed by atoms with van der Waals surface area (Å²) in [6.07, 6.45) is 2.78. The van der Waals surface area contributed by atoms with E-state index in [-0.39, 0.29) is 0 Å². The molecule has 0 aliphatic carbocycles. The molecule has 3 nitrogen and oxygen atoms in total. The summed E-state index contributed by atoms with van der Waals surface area (Å²) >= 11 is 0. The van der Waals surface area contributed by atoms with Gasteiger partial charge in [-0.05, 0) is 80.3 Å². The molecule has 0 aromatic heterocycles. The molecule has 3 saturated heterocycles. The average molecular weight is 322 g/mol. The fourth-order valence-electron chi connectivity index (χ4n) is 4.84. The van der Waals surface area contributed by atoms with Crippen molar-refractivity contribution in [2.45, 2.75) is 78.4 Å². The van der Waals surface area contributed by atoms with E-state index in [4.69, 9.17) is 0 Å². The predicted molar refractivity (Wildman–Crippen MR) is 98.8 cm³/mol. The van der Waals surface area contributed by atoms with Gasteiger partial charge in [0.1, 0.15) is 0 Å². The third kappa shape index (κ3) is 3.34. The molecule has 3 fully saturated rings. The molecule has 0 radical (unpaired) electrons. The van der Waals surface area contributed by atoms with E-state index in [1.165, 1.54) is 52.1 Å². The summed E-state index contributed by atoms with van der Waals surface area (Å²) in [5.41, 5.74) is 1.33. The van der Waals surface area contributed by atoms with Crippen LogP contribution < -0.4 is 0 Å². The first-order valence-electron chi connectivity index (χ1n) is 9.75. The highest BCUT2D eigenvalue weighted by molar-refractivity contribution is 5.13. The first-order valence-corrected chi connectivity index (χ1v) is 9.75. The minimum Gasteiger partial charge on any atom is -0.299 e. The van der Waals surface area contributed by atoms with Gasteiger partial charge in [-0.15, -0.1) is 0 Å². The minimum absolute atomic E-state index is 0.349. The number of nitrogens with zero attached hydrogens (tertiary/aromatic N) is 3. The number of hydrogen-bond donors (Lipinski definition) is 0. The van der Waals surface area contributed by atoms with Gasteiger partial charge < -0.3 is 0 Å². The van der Waals surface area contributed by atoms with Crippen LogP contribution in [0.1, 0.15) is 61.3 Å². The lowest BCUT2D eigenvalue weighted by molar-refractivity contribution is -0.185. The van der Waals surface area contributed by atoms with Gasteiger partial charge in [-0.2, -0.15) is 0 Å². The van der Waals surface area contributed by atoms with Crippen LogP contribution >= 0.6 is 0 Å². The van der Waals surface area contributed by atoms with Gasteiger partial charge in [-0.25, -0.2) is 0 Å². The Morgan fingerprint density at radius 3 is 1.78 bits per heavy atom. The number of piperidine rings is 1. The molecule has 3 rings (SSSR count). The van der Waals surface area contributed by atoms with Gasteiger partial charge in [0.25, 0.3) is 0 Å². The number of rotatable bonds is 2. The molecule has 3 aliphatic rings. The summed E-state index contributed by atoms with van der Waals surface area (Å²) in [6.45, 7) is 24.5. The Hall–Kier alpha value is -0.120. The van der Waals surface area contributed by atoms with Crippen molar-refractivity contribution in [2.24, 2.45) is 11.3 Å². The molecule has 0 saturated carbocycles. The molecule has 0 amide bonds. The average Bonchev–Trinajstić information content (AvgIpc) is 2.38. The summed E-state index contributed by atoms with van der Waals surface area (Å²) < 4.78 is 0. The Balaban J connectivity index is 1.43.